The number of hydrogen-bond donors (Lipinski definition) is 0. The smallest absolute Gasteiger partial charge is 0.203 e. The third-order valence-corrected chi connectivity index (χ3v) is 4.89. The first-order chi connectivity index (χ1) is 16.3. The quantitative estimate of drug-likeness (QED) is 0.142. The molecule has 37 heavy (non-hydrogen) atoms. The fourth-order valence-electron chi connectivity index (χ4n) is 1.99. The predicted molar refractivity (Wildman–Crippen MR) is 81.8 cm³/mol. The maximum Gasteiger partial charge on any atom is 0.457 e. The summed E-state index contributed by atoms with van der Waals surface area (Å²) in [5, 5.41) is 0. The van der Waals surface area contributed by atoms with E-state index in [1.54, 1.807) is 0 Å². The number of hydrogen-bond acceptors (Lipinski definition) is 0. The lowest BCUT2D eigenvalue weighted by Crippen LogP contribution is -2.40. The summed E-state index contributed by atoms with van der Waals surface area (Å²) in [6, 6.07) is 0. The molecule has 0 aliphatic rings. The van der Waals surface area contributed by atoms with Gasteiger partial charge in [0.15, 0.2) is 46.5 Å². The average Bonchev–Trinajstić information content (AvgIpc) is 2.74. The van der Waals surface area contributed by atoms with Crippen molar-refractivity contribution in [3.63, 3.8) is 0 Å². The SMILES string of the molecule is FC(F)(F)C(F)(F)PC(F)(F)C(F)(F)F.Fc1c(F)c(F)c(-c2c(F)c(F)c(F)c(F)c2F)c(F)c1F. The van der Waals surface area contributed by atoms with Gasteiger partial charge in [-0.3, -0.25) is 0 Å². The molecule has 210 valence electrons. The van der Waals surface area contributed by atoms with Gasteiger partial charge in [-0.25, -0.2) is 43.9 Å². The van der Waals surface area contributed by atoms with Crippen LogP contribution in [0.2, 0.25) is 0 Å². The first kappa shape index (κ1) is 32.5. The van der Waals surface area contributed by atoms with Gasteiger partial charge in [-0.2, -0.15) is 43.9 Å². The van der Waals surface area contributed by atoms with Crippen LogP contribution in [0.15, 0.2) is 0 Å². The van der Waals surface area contributed by atoms with Crippen LogP contribution in [0, 0.1) is 58.2 Å². The van der Waals surface area contributed by atoms with E-state index in [0.717, 1.165) is 0 Å². The lowest BCUT2D eigenvalue weighted by atomic mass is 10.0. The molecule has 0 aliphatic carbocycles. The number of rotatable bonds is 3. The second-order valence-electron chi connectivity index (χ2n) is 6.16. The van der Waals surface area contributed by atoms with Crippen LogP contribution in [-0.2, 0) is 0 Å². The average molecular weight is 604 g/mol. The minimum atomic E-state index is -6.43. The first-order valence-electron chi connectivity index (χ1n) is 8.03. The molecule has 21 heteroatoms. The van der Waals surface area contributed by atoms with Crippen molar-refractivity contribution >= 4 is 8.58 Å². The zero-order valence-electron chi connectivity index (χ0n) is 16.1. The van der Waals surface area contributed by atoms with Crippen LogP contribution < -0.4 is 0 Å². The van der Waals surface area contributed by atoms with Crippen molar-refractivity contribution in [3.8, 4) is 11.1 Å². The number of benzene rings is 2. The Labute approximate surface area is 190 Å². The fraction of sp³-hybridized carbons (Fsp3) is 0.250. The third kappa shape index (κ3) is 6.14. The van der Waals surface area contributed by atoms with Gasteiger partial charge >= 0.3 is 23.7 Å². The van der Waals surface area contributed by atoms with Gasteiger partial charge in [-0.05, 0) is 0 Å². The van der Waals surface area contributed by atoms with Crippen molar-refractivity contribution in [2.24, 2.45) is 0 Å². The Balaban J connectivity index is 0.000000401. The summed E-state index contributed by atoms with van der Waals surface area (Å²) in [4.78, 5) is 0. The maximum absolute atomic E-state index is 13.4. The van der Waals surface area contributed by atoms with Gasteiger partial charge in [-0.1, -0.05) is 0 Å². The zero-order chi connectivity index (χ0) is 29.6. The number of halogens is 20. The second-order valence-corrected chi connectivity index (χ2v) is 7.67. The molecule has 0 fully saturated rings. The van der Waals surface area contributed by atoms with E-state index in [9.17, 15) is 87.8 Å². The molecule has 0 aromatic heterocycles. The molecular formula is C16HF20P. The van der Waals surface area contributed by atoms with Crippen LogP contribution in [0.3, 0.4) is 0 Å². The van der Waals surface area contributed by atoms with Gasteiger partial charge in [0.2, 0.25) is 11.6 Å². The predicted octanol–water partition coefficient (Wildman–Crippen LogP) is 8.72. The minimum absolute atomic E-state index is 2.26. The van der Waals surface area contributed by atoms with Gasteiger partial charge < -0.3 is 0 Å². The molecule has 0 N–H and O–H groups in total. The van der Waals surface area contributed by atoms with E-state index < -0.39 is 102 Å². The highest BCUT2D eigenvalue weighted by Gasteiger charge is 2.69. The third-order valence-electron chi connectivity index (χ3n) is 3.70. The van der Waals surface area contributed by atoms with Crippen LogP contribution in [0.4, 0.5) is 87.8 Å². The Morgan fingerprint density at radius 2 is 0.459 bits per heavy atom. The van der Waals surface area contributed by atoms with Crippen LogP contribution >= 0.6 is 8.58 Å². The Morgan fingerprint density at radius 1 is 0.297 bits per heavy atom. The monoisotopic (exact) mass is 604 g/mol. The van der Waals surface area contributed by atoms with Crippen molar-refractivity contribution in [1.29, 1.82) is 0 Å². The van der Waals surface area contributed by atoms with Crippen LogP contribution in [0.1, 0.15) is 0 Å². The highest BCUT2D eigenvalue weighted by molar-refractivity contribution is 7.41. The molecule has 0 bridgehead atoms. The van der Waals surface area contributed by atoms with E-state index in [4.69, 9.17) is 0 Å². The Bertz CT molecular complexity index is 1030. The van der Waals surface area contributed by atoms with Crippen LogP contribution in [0.5, 0.6) is 0 Å². The molecule has 0 atom stereocenters. The largest absolute Gasteiger partial charge is 0.457 e. The zero-order valence-corrected chi connectivity index (χ0v) is 17.1. The fourth-order valence-corrected chi connectivity index (χ4v) is 2.67. The lowest BCUT2D eigenvalue weighted by molar-refractivity contribution is -0.259. The molecule has 0 nitrogen and oxygen atoms in total. The highest BCUT2D eigenvalue weighted by Crippen LogP contribution is 2.60. The van der Waals surface area contributed by atoms with Crippen LogP contribution in [-0.4, -0.2) is 23.7 Å². The van der Waals surface area contributed by atoms with Gasteiger partial charge in [0.25, 0.3) is 0 Å². The Kier molecular flexibility index (Phi) is 9.07. The summed E-state index contributed by atoms with van der Waals surface area (Å²) in [5.41, 5.74) is -16.6. The molecule has 0 saturated heterocycles. The molecule has 0 amide bonds. The van der Waals surface area contributed by atoms with Gasteiger partial charge in [-0.15, -0.1) is 0 Å². The Morgan fingerprint density at radius 3 is 0.622 bits per heavy atom. The summed E-state index contributed by atoms with van der Waals surface area (Å²) in [6.07, 6.45) is -12.9. The summed E-state index contributed by atoms with van der Waals surface area (Å²) in [6.45, 7) is 0. The van der Waals surface area contributed by atoms with E-state index in [0.29, 0.717) is 0 Å². The van der Waals surface area contributed by atoms with Crippen molar-refractivity contribution in [2.75, 3.05) is 0 Å². The molecule has 0 aliphatic heterocycles. The van der Waals surface area contributed by atoms with Gasteiger partial charge in [0.1, 0.15) is 0 Å². The van der Waals surface area contributed by atoms with Gasteiger partial charge in [0.05, 0.1) is 11.1 Å². The summed E-state index contributed by atoms with van der Waals surface area (Å²) < 4.78 is 246. The first-order valence-corrected chi connectivity index (χ1v) is 9.03. The highest BCUT2D eigenvalue weighted by atomic mass is 31.1. The minimum Gasteiger partial charge on any atom is -0.203 e. The topological polar surface area (TPSA) is 0 Å². The number of alkyl halides is 10. The van der Waals surface area contributed by atoms with Gasteiger partial charge in [0, 0.05) is 8.58 Å². The Hall–Kier alpha value is -2.53. The molecule has 0 saturated carbocycles. The standard InChI is InChI=1S/C12F10.C4HF10P/c13-3-1(4(14)8(18)11(21)7(3)17)2-5(15)9(19)12(22)10(20)6(2)16;5-1(6,7)3(11,12)15-4(13,14)2(8,9)10/h;15H. The van der Waals surface area contributed by atoms with Crippen molar-refractivity contribution in [2.45, 2.75) is 23.7 Å². The normalized spacial score (nSPS) is 13.0. The van der Waals surface area contributed by atoms with Crippen molar-refractivity contribution in [3.05, 3.63) is 58.2 Å². The maximum atomic E-state index is 13.4. The molecule has 2 aromatic carbocycles. The molecule has 0 radical (unpaired) electrons. The van der Waals surface area contributed by atoms with E-state index >= 15 is 0 Å². The van der Waals surface area contributed by atoms with Crippen molar-refractivity contribution < 1.29 is 87.8 Å². The summed E-state index contributed by atoms with van der Waals surface area (Å²) in [7, 11) is -3.93. The van der Waals surface area contributed by atoms with E-state index in [1.807, 2.05) is 0 Å². The van der Waals surface area contributed by atoms with E-state index in [2.05, 4.69) is 0 Å². The summed E-state index contributed by atoms with van der Waals surface area (Å²) in [5.74, 6) is -26.6. The van der Waals surface area contributed by atoms with E-state index in [-0.39, 0.29) is 0 Å². The molecule has 0 heterocycles. The van der Waals surface area contributed by atoms with Crippen molar-refractivity contribution in [1.82, 2.24) is 0 Å². The van der Waals surface area contributed by atoms with Crippen LogP contribution in [0.25, 0.3) is 11.1 Å². The molecular weight excluding hydrogens is 603 g/mol. The molecule has 2 aromatic rings. The molecule has 2 rings (SSSR count). The summed E-state index contributed by atoms with van der Waals surface area (Å²) >= 11 is 0. The second kappa shape index (κ2) is 10.3. The molecule has 0 spiro atoms. The lowest BCUT2D eigenvalue weighted by Gasteiger charge is -2.26. The molecule has 0 unspecified atom stereocenters. The van der Waals surface area contributed by atoms with E-state index in [1.165, 1.54) is 0 Å².